The smallest absolute Gasteiger partial charge is 0.259 e. The minimum atomic E-state index is 0.0413. The minimum Gasteiger partial charge on any atom is -0.496 e. The molecular weight excluding hydrogens is 396 g/mol. The third-order valence-corrected chi connectivity index (χ3v) is 7.48. The van der Waals surface area contributed by atoms with E-state index in [4.69, 9.17) is 9.72 Å². The van der Waals surface area contributed by atoms with Gasteiger partial charge in [0.1, 0.15) is 16.4 Å². The number of hydrogen-bond acceptors (Lipinski definition) is 6. The predicted octanol–water partition coefficient (Wildman–Crippen LogP) is 3.11. The third kappa shape index (κ3) is 3.77. The van der Waals surface area contributed by atoms with Crippen LogP contribution in [-0.4, -0.2) is 53.1 Å². The number of aromatic nitrogens is 2. The molecule has 0 spiro atoms. The molecule has 30 heavy (non-hydrogen) atoms. The zero-order valence-electron chi connectivity index (χ0n) is 17.7. The number of nitrogens with one attached hydrogen (secondary N) is 1. The van der Waals surface area contributed by atoms with Gasteiger partial charge < -0.3 is 9.72 Å². The molecule has 1 saturated heterocycles. The Hall–Kier alpha value is -2.22. The monoisotopic (exact) mass is 424 g/mol. The van der Waals surface area contributed by atoms with Crippen molar-refractivity contribution in [1.29, 1.82) is 0 Å². The van der Waals surface area contributed by atoms with Crippen molar-refractivity contribution in [2.45, 2.75) is 39.3 Å². The predicted molar refractivity (Wildman–Crippen MR) is 121 cm³/mol. The fourth-order valence-corrected chi connectivity index (χ4v) is 5.99. The van der Waals surface area contributed by atoms with Crippen LogP contribution >= 0.6 is 11.3 Å². The van der Waals surface area contributed by atoms with Gasteiger partial charge in [0.2, 0.25) is 0 Å². The summed E-state index contributed by atoms with van der Waals surface area (Å²) in [6.07, 6.45) is 3.28. The van der Waals surface area contributed by atoms with E-state index < -0.39 is 0 Å². The summed E-state index contributed by atoms with van der Waals surface area (Å²) in [7, 11) is 1.74. The first-order chi connectivity index (χ1) is 14.6. The van der Waals surface area contributed by atoms with Gasteiger partial charge in [0.05, 0.1) is 19.0 Å². The van der Waals surface area contributed by atoms with Crippen LogP contribution in [0.2, 0.25) is 0 Å². The van der Waals surface area contributed by atoms with E-state index in [-0.39, 0.29) is 5.56 Å². The topological polar surface area (TPSA) is 61.5 Å². The van der Waals surface area contributed by atoms with Gasteiger partial charge in [0, 0.05) is 43.2 Å². The highest BCUT2D eigenvalue weighted by Gasteiger charge is 2.23. The third-order valence-electron chi connectivity index (χ3n) is 6.29. The molecular formula is C23H28N4O2S. The lowest BCUT2D eigenvalue weighted by atomic mass is 10.1. The van der Waals surface area contributed by atoms with E-state index in [1.807, 2.05) is 0 Å². The summed E-state index contributed by atoms with van der Waals surface area (Å²) in [4.78, 5) is 27.7. The molecule has 0 bridgehead atoms. The van der Waals surface area contributed by atoms with Crippen molar-refractivity contribution in [1.82, 2.24) is 19.8 Å². The summed E-state index contributed by atoms with van der Waals surface area (Å²) in [5, 5.41) is 0.841. The Labute approximate surface area is 180 Å². The molecule has 1 aromatic carbocycles. The van der Waals surface area contributed by atoms with Crippen molar-refractivity contribution in [2.75, 3.05) is 33.3 Å². The number of fused-ring (bicyclic) bond motifs is 3. The van der Waals surface area contributed by atoms with Gasteiger partial charge in [-0.25, -0.2) is 4.98 Å². The second-order valence-corrected chi connectivity index (χ2v) is 9.50. The van der Waals surface area contributed by atoms with Crippen molar-refractivity contribution >= 4 is 21.6 Å². The van der Waals surface area contributed by atoms with E-state index in [0.717, 1.165) is 73.8 Å². The number of hydrogen-bond donors (Lipinski definition) is 1. The maximum Gasteiger partial charge on any atom is 0.259 e. The van der Waals surface area contributed by atoms with Gasteiger partial charge in [-0.05, 0) is 37.8 Å². The first-order valence-corrected chi connectivity index (χ1v) is 11.5. The fourth-order valence-electron chi connectivity index (χ4n) is 4.71. The largest absolute Gasteiger partial charge is 0.496 e. The highest BCUT2D eigenvalue weighted by Crippen LogP contribution is 2.34. The van der Waals surface area contributed by atoms with Crippen LogP contribution in [0.3, 0.4) is 0 Å². The van der Waals surface area contributed by atoms with Crippen LogP contribution < -0.4 is 10.3 Å². The van der Waals surface area contributed by atoms with Crippen LogP contribution in [-0.2, 0) is 25.9 Å². The van der Waals surface area contributed by atoms with E-state index in [9.17, 15) is 4.79 Å². The minimum absolute atomic E-state index is 0.0413. The van der Waals surface area contributed by atoms with Crippen molar-refractivity contribution in [3.8, 4) is 5.75 Å². The maximum atomic E-state index is 12.7. The highest BCUT2D eigenvalue weighted by atomic mass is 32.1. The molecule has 1 fully saturated rings. The van der Waals surface area contributed by atoms with Crippen LogP contribution in [0.25, 0.3) is 10.2 Å². The Morgan fingerprint density at radius 1 is 1.13 bits per heavy atom. The molecule has 1 aliphatic heterocycles. The normalized spacial score (nSPS) is 17.5. The first kappa shape index (κ1) is 19.7. The van der Waals surface area contributed by atoms with Crippen LogP contribution in [0.4, 0.5) is 0 Å². The molecule has 3 heterocycles. The van der Waals surface area contributed by atoms with Crippen LogP contribution in [0.1, 0.15) is 33.8 Å². The Morgan fingerprint density at radius 2 is 1.90 bits per heavy atom. The zero-order valence-corrected chi connectivity index (χ0v) is 18.5. The van der Waals surface area contributed by atoms with Gasteiger partial charge in [-0.15, -0.1) is 11.3 Å². The molecule has 2 aromatic heterocycles. The zero-order chi connectivity index (χ0) is 20.7. The average molecular weight is 425 g/mol. The van der Waals surface area contributed by atoms with Gasteiger partial charge >= 0.3 is 0 Å². The van der Waals surface area contributed by atoms with E-state index in [0.29, 0.717) is 6.54 Å². The van der Waals surface area contributed by atoms with Crippen molar-refractivity contribution in [2.24, 2.45) is 0 Å². The van der Waals surface area contributed by atoms with Gasteiger partial charge in [-0.3, -0.25) is 14.6 Å². The number of ether oxygens (including phenoxy) is 1. The van der Waals surface area contributed by atoms with Crippen molar-refractivity contribution in [3.05, 3.63) is 55.9 Å². The van der Waals surface area contributed by atoms with Crippen molar-refractivity contribution in [3.63, 3.8) is 0 Å². The maximum absolute atomic E-state index is 12.7. The summed E-state index contributed by atoms with van der Waals surface area (Å²) in [6.45, 7) is 7.66. The number of benzene rings is 1. The Bertz CT molecular complexity index is 1130. The number of methoxy groups -OCH3 is 1. The average Bonchev–Trinajstić information content (AvgIpc) is 3.30. The lowest BCUT2D eigenvalue weighted by molar-refractivity contribution is 0.119. The lowest BCUT2D eigenvalue weighted by Crippen LogP contribution is -2.45. The van der Waals surface area contributed by atoms with Crippen LogP contribution in [0.15, 0.2) is 23.0 Å². The molecule has 0 radical (unpaired) electrons. The number of H-pyrrole nitrogens is 1. The summed E-state index contributed by atoms with van der Waals surface area (Å²) in [5.41, 5.74) is 3.79. The molecule has 0 amide bonds. The Morgan fingerprint density at radius 3 is 2.67 bits per heavy atom. The molecule has 0 atom stereocenters. The highest BCUT2D eigenvalue weighted by molar-refractivity contribution is 7.18. The van der Waals surface area contributed by atoms with Crippen molar-refractivity contribution < 1.29 is 4.74 Å². The van der Waals surface area contributed by atoms with Gasteiger partial charge in [-0.2, -0.15) is 0 Å². The Balaban J connectivity index is 1.24. The number of aromatic amines is 1. The van der Waals surface area contributed by atoms with E-state index in [1.165, 1.54) is 21.6 Å². The van der Waals surface area contributed by atoms with Crippen LogP contribution in [0, 0.1) is 6.92 Å². The number of aryl methyl sites for hydroxylation is 3. The Kier molecular flexibility index (Phi) is 5.35. The molecule has 3 aromatic rings. The number of thiophene rings is 1. The summed E-state index contributed by atoms with van der Waals surface area (Å²) in [6, 6.07) is 6.36. The van der Waals surface area contributed by atoms with E-state index >= 15 is 0 Å². The molecule has 2 aliphatic rings. The quantitative estimate of drug-likeness (QED) is 0.682. The molecule has 0 unspecified atom stereocenters. The number of piperazine rings is 1. The lowest BCUT2D eigenvalue weighted by Gasteiger charge is -2.34. The van der Waals surface area contributed by atoms with Gasteiger partial charge in [0.25, 0.3) is 5.56 Å². The first-order valence-electron chi connectivity index (χ1n) is 10.7. The molecule has 7 heteroatoms. The molecule has 0 saturated carbocycles. The summed E-state index contributed by atoms with van der Waals surface area (Å²) >= 11 is 1.71. The summed E-state index contributed by atoms with van der Waals surface area (Å²) in [5.74, 6) is 1.75. The number of nitrogens with zero attached hydrogens (tertiary/aromatic N) is 3. The molecule has 1 N–H and O–H groups in total. The standard InChI is InChI=1S/C23H28N4O2S/c1-15-6-7-18(29-2)16(12-15)13-26-8-10-27(11-9-26)14-20-24-22(28)21-17-4-3-5-19(17)30-23(21)25-20/h6-7,12H,3-5,8-11,13-14H2,1-2H3,(H,24,25,28). The molecule has 5 rings (SSSR count). The van der Waals surface area contributed by atoms with Crippen LogP contribution in [0.5, 0.6) is 5.75 Å². The molecule has 158 valence electrons. The van der Waals surface area contributed by atoms with Gasteiger partial charge in [0.15, 0.2) is 0 Å². The second-order valence-electron chi connectivity index (χ2n) is 8.42. The van der Waals surface area contributed by atoms with E-state index in [2.05, 4.69) is 39.9 Å². The number of rotatable bonds is 5. The fraction of sp³-hybridized carbons (Fsp3) is 0.478. The molecule has 6 nitrogen and oxygen atoms in total. The second kappa shape index (κ2) is 8.13. The molecule has 1 aliphatic carbocycles. The SMILES string of the molecule is COc1ccc(C)cc1CN1CCN(Cc2nc3sc4c(c3c(=O)[nH]2)CCC4)CC1. The van der Waals surface area contributed by atoms with E-state index in [1.54, 1.807) is 18.4 Å². The van der Waals surface area contributed by atoms with Gasteiger partial charge in [-0.1, -0.05) is 17.7 Å². The summed E-state index contributed by atoms with van der Waals surface area (Å²) < 4.78 is 5.53.